The maximum atomic E-state index is 17.2. The van der Waals surface area contributed by atoms with E-state index in [1.165, 1.54) is 12.1 Å². The number of hydrogen-bond acceptors (Lipinski definition) is 10. The van der Waals surface area contributed by atoms with Gasteiger partial charge < -0.3 is 24.8 Å². The van der Waals surface area contributed by atoms with Crippen molar-refractivity contribution in [2.45, 2.75) is 62.0 Å². The molecule has 3 saturated heterocycles. The van der Waals surface area contributed by atoms with Gasteiger partial charge in [0.1, 0.15) is 47.1 Å². The highest BCUT2D eigenvalue weighted by Gasteiger charge is 2.50. The Balaban J connectivity index is 1.28. The standard InChI is InChI=1S/C32H28ClF3N6O3S/c33-24-22(16-4-5-18(35)28-21(16)17(9-37)29(38)46-28)25(36)26-23-27(24)45-20-12-43-11-19(20)42(15-2-3-15)30(23)40-31(39-26)44-13-32-6-1-7-41(32)10-14(34)8-32/h4-5,14-15,19-20H,1-3,6-8,10-13,38H2/t14-,19?,20?,32+/m1/s1. The fourth-order valence-corrected chi connectivity index (χ4v) is 9.26. The lowest BCUT2D eigenvalue weighted by atomic mass is 9.95. The third-order valence-corrected chi connectivity index (χ3v) is 11.6. The third kappa shape index (κ3) is 4.06. The van der Waals surface area contributed by atoms with Crippen molar-refractivity contribution in [1.82, 2.24) is 14.9 Å². The van der Waals surface area contributed by atoms with Crippen LogP contribution in [0.1, 0.15) is 37.7 Å². The first-order valence-electron chi connectivity index (χ1n) is 15.5. The van der Waals surface area contributed by atoms with Crippen LogP contribution in [-0.2, 0) is 4.74 Å². The van der Waals surface area contributed by atoms with E-state index in [2.05, 4.69) is 14.8 Å². The molecule has 9 nitrogen and oxygen atoms in total. The summed E-state index contributed by atoms with van der Waals surface area (Å²) in [7, 11) is 0. The summed E-state index contributed by atoms with van der Waals surface area (Å²) in [5, 5.41) is 10.5. The second-order valence-corrected chi connectivity index (χ2v) is 14.3. The van der Waals surface area contributed by atoms with Crippen LogP contribution >= 0.6 is 22.9 Å². The number of rotatable bonds is 5. The first-order valence-corrected chi connectivity index (χ1v) is 16.7. The van der Waals surface area contributed by atoms with Gasteiger partial charge in [0, 0.05) is 30.0 Å². The minimum Gasteiger partial charge on any atom is -0.483 e. The Morgan fingerprint density at radius 1 is 1.22 bits per heavy atom. The summed E-state index contributed by atoms with van der Waals surface area (Å²) in [5.41, 5.74) is 5.71. The number of nitrogen functional groups attached to an aromatic ring is 1. The quantitative estimate of drug-likeness (QED) is 0.275. The van der Waals surface area contributed by atoms with E-state index in [0.29, 0.717) is 37.4 Å². The van der Waals surface area contributed by atoms with Gasteiger partial charge in [-0.15, -0.1) is 11.3 Å². The minimum atomic E-state index is -0.936. The van der Waals surface area contributed by atoms with Gasteiger partial charge in [-0.05, 0) is 43.9 Å². The summed E-state index contributed by atoms with van der Waals surface area (Å²) in [6.45, 7) is 2.02. The molecule has 4 aromatic rings. The Bertz CT molecular complexity index is 2000. The van der Waals surface area contributed by atoms with E-state index < -0.39 is 29.4 Å². The number of thiophene rings is 1. The highest BCUT2D eigenvalue weighted by Crippen LogP contribution is 2.53. The van der Waals surface area contributed by atoms with Crippen molar-refractivity contribution in [3.63, 3.8) is 0 Å². The predicted molar refractivity (Wildman–Crippen MR) is 167 cm³/mol. The van der Waals surface area contributed by atoms with Gasteiger partial charge in [-0.1, -0.05) is 17.7 Å². The Labute approximate surface area is 270 Å². The van der Waals surface area contributed by atoms with Crippen LogP contribution in [0.3, 0.4) is 0 Å². The molecule has 46 heavy (non-hydrogen) atoms. The van der Waals surface area contributed by atoms with E-state index in [-0.39, 0.29) is 72.8 Å². The van der Waals surface area contributed by atoms with E-state index >= 15 is 4.39 Å². The fourth-order valence-electron chi connectivity index (χ4n) is 7.99. The van der Waals surface area contributed by atoms with Crippen LogP contribution < -0.4 is 20.1 Å². The average Bonchev–Trinajstić information content (AvgIpc) is 3.35. The number of nitriles is 1. The molecule has 4 aliphatic heterocycles. The van der Waals surface area contributed by atoms with Crippen LogP contribution in [-0.4, -0.2) is 77.7 Å². The molecule has 1 saturated carbocycles. The maximum absolute atomic E-state index is 17.2. The highest BCUT2D eigenvalue weighted by molar-refractivity contribution is 7.23. The van der Waals surface area contributed by atoms with Gasteiger partial charge in [-0.3, -0.25) is 4.90 Å². The van der Waals surface area contributed by atoms with E-state index in [9.17, 15) is 14.0 Å². The summed E-state index contributed by atoms with van der Waals surface area (Å²) >= 11 is 8.00. The lowest BCUT2D eigenvalue weighted by Gasteiger charge is -2.32. The number of halogens is 4. The maximum Gasteiger partial charge on any atom is 0.319 e. The Kier molecular flexibility index (Phi) is 6.36. The van der Waals surface area contributed by atoms with Gasteiger partial charge in [-0.2, -0.15) is 15.2 Å². The smallest absolute Gasteiger partial charge is 0.319 e. The van der Waals surface area contributed by atoms with E-state index in [4.69, 9.17) is 36.5 Å². The molecule has 0 amide bonds. The summed E-state index contributed by atoms with van der Waals surface area (Å²) in [4.78, 5) is 13.8. The van der Waals surface area contributed by atoms with Gasteiger partial charge in [0.05, 0.1) is 45.5 Å². The number of ether oxygens (including phenoxy) is 3. The number of benzene rings is 2. The van der Waals surface area contributed by atoms with E-state index in [1.807, 2.05) is 6.07 Å². The third-order valence-electron chi connectivity index (χ3n) is 10.2. The number of hydrogen-bond donors (Lipinski definition) is 1. The zero-order chi connectivity index (χ0) is 31.5. The van der Waals surface area contributed by atoms with Gasteiger partial charge >= 0.3 is 6.01 Å². The summed E-state index contributed by atoms with van der Waals surface area (Å²) in [6, 6.07) is 4.54. The molecule has 1 aliphatic carbocycles. The van der Waals surface area contributed by atoms with Crippen molar-refractivity contribution in [3.05, 3.63) is 34.4 Å². The molecule has 2 N–H and O–H groups in total. The first kappa shape index (κ1) is 28.6. The highest BCUT2D eigenvalue weighted by atomic mass is 35.5. The SMILES string of the molecule is N#Cc1c(N)sc2c(F)ccc(-c3c(Cl)c4c5c(nc(OC[C@@]67CCCN6C[C@H](F)C7)nc5c3F)N(C3CC3)C3COCC3O4)c12. The molecule has 2 aromatic heterocycles. The molecule has 4 fully saturated rings. The number of alkyl halides is 1. The average molecular weight is 669 g/mol. The minimum absolute atomic E-state index is 0.0334. The Morgan fingerprint density at radius 3 is 2.87 bits per heavy atom. The van der Waals surface area contributed by atoms with Crippen molar-refractivity contribution in [3.8, 4) is 29.0 Å². The van der Waals surface area contributed by atoms with Crippen LogP contribution in [0.25, 0.3) is 32.1 Å². The molecule has 238 valence electrons. The normalized spacial score (nSPS) is 27.1. The van der Waals surface area contributed by atoms with Gasteiger partial charge in [0.25, 0.3) is 0 Å². The van der Waals surface area contributed by atoms with Crippen molar-refractivity contribution >= 4 is 54.7 Å². The molecular formula is C32H28ClF3N6O3S. The molecule has 0 bridgehead atoms. The summed E-state index contributed by atoms with van der Waals surface area (Å²) in [6.07, 6.45) is 2.59. The van der Waals surface area contributed by atoms with Gasteiger partial charge in [0.2, 0.25) is 0 Å². The molecule has 5 aliphatic rings. The molecule has 0 spiro atoms. The summed E-state index contributed by atoms with van der Waals surface area (Å²) in [5.74, 6) is -0.737. The summed E-state index contributed by atoms with van der Waals surface area (Å²) < 4.78 is 65.5. The van der Waals surface area contributed by atoms with Crippen LogP contribution in [0.5, 0.6) is 11.8 Å². The number of nitrogens with two attached hydrogens (primary N) is 1. The zero-order valence-electron chi connectivity index (χ0n) is 24.5. The Hall–Kier alpha value is -3.57. The molecule has 14 heteroatoms. The van der Waals surface area contributed by atoms with Gasteiger partial charge in [-0.25, -0.2) is 13.2 Å². The number of fused-ring (bicyclic) bond motifs is 3. The van der Waals surface area contributed by atoms with Crippen molar-refractivity contribution < 1.29 is 27.4 Å². The number of anilines is 2. The lowest BCUT2D eigenvalue weighted by Crippen LogP contribution is -2.46. The molecule has 4 atom stereocenters. The monoisotopic (exact) mass is 668 g/mol. The van der Waals surface area contributed by atoms with E-state index in [1.54, 1.807) is 0 Å². The van der Waals surface area contributed by atoms with Crippen LogP contribution in [0.2, 0.25) is 5.02 Å². The molecule has 2 aromatic carbocycles. The van der Waals surface area contributed by atoms with E-state index in [0.717, 1.165) is 43.6 Å². The van der Waals surface area contributed by atoms with Crippen LogP contribution in [0.15, 0.2) is 12.1 Å². The predicted octanol–water partition coefficient (Wildman–Crippen LogP) is 5.98. The molecule has 0 radical (unpaired) electrons. The lowest BCUT2D eigenvalue weighted by molar-refractivity contribution is 0.107. The van der Waals surface area contributed by atoms with Crippen LogP contribution in [0.4, 0.5) is 24.0 Å². The second kappa shape index (κ2) is 10.2. The Morgan fingerprint density at radius 2 is 2.07 bits per heavy atom. The van der Waals surface area contributed by atoms with Crippen molar-refractivity contribution in [1.29, 1.82) is 5.26 Å². The molecule has 2 unspecified atom stereocenters. The fraction of sp³-hybridized carbons (Fsp3) is 0.469. The second-order valence-electron chi connectivity index (χ2n) is 12.9. The molecular weight excluding hydrogens is 641 g/mol. The topological polar surface area (TPSA) is 110 Å². The number of nitrogens with zero attached hydrogens (tertiary/aromatic N) is 5. The first-order chi connectivity index (χ1) is 22.3. The van der Waals surface area contributed by atoms with Gasteiger partial charge in [0.15, 0.2) is 11.6 Å². The zero-order valence-corrected chi connectivity index (χ0v) is 26.1. The van der Waals surface area contributed by atoms with Crippen LogP contribution in [0, 0.1) is 23.0 Å². The van der Waals surface area contributed by atoms with Crippen molar-refractivity contribution in [2.75, 3.05) is 43.5 Å². The largest absolute Gasteiger partial charge is 0.483 e. The molecule has 6 heterocycles. The molecule has 9 rings (SSSR count). The number of aromatic nitrogens is 2. The van der Waals surface area contributed by atoms with Crippen molar-refractivity contribution in [2.24, 2.45) is 0 Å².